The Balaban J connectivity index is 1.01. The zero-order valence-corrected chi connectivity index (χ0v) is 29.7. The molecule has 0 spiro atoms. The summed E-state index contributed by atoms with van der Waals surface area (Å²) in [5.41, 5.74) is 8.30. The molecule has 0 saturated heterocycles. The van der Waals surface area contributed by atoms with Gasteiger partial charge in [-0.15, -0.1) is 22.7 Å². The molecule has 0 radical (unpaired) electrons. The highest BCUT2D eigenvalue weighted by molar-refractivity contribution is 7.28. The summed E-state index contributed by atoms with van der Waals surface area (Å²) in [6.45, 7) is 0. The van der Waals surface area contributed by atoms with Gasteiger partial charge >= 0.3 is 0 Å². The quantitative estimate of drug-likeness (QED) is 0.166. The van der Waals surface area contributed by atoms with Crippen LogP contribution in [0.1, 0.15) is 11.5 Å². The van der Waals surface area contributed by atoms with Gasteiger partial charge < -0.3 is 9.64 Å². The summed E-state index contributed by atoms with van der Waals surface area (Å²) in [5, 5.41) is 9.66. The summed E-state index contributed by atoms with van der Waals surface area (Å²) >= 11 is 3.67. The Labute approximate surface area is 309 Å². The van der Waals surface area contributed by atoms with Gasteiger partial charge in [-0.1, -0.05) is 121 Å². The van der Waals surface area contributed by atoms with Crippen molar-refractivity contribution in [2.75, 3.05) is 4.90 Å². The minimum Gasteiger partial charge on any atom is -0.484 e. The minimum absolute atomic E-state index is 0.111. The third-order valence-corrected chi connectivity index (χ3v) is 12.9. The van der Waals surface area contributed by atoms with Crippen LogP contribution >= 0.6 is 22.7 Å². The number of hydrogen-bond donors (Lipinski definition) is 0. The van der Waals surface area contributed by atoms with Gasteiger partial charge in [-0.25, -0.2) is 0 Å². The SMILES string of the molecule is C1=CC2c3c(c4ccccc4c4ccccc34)OC2C=C1N(c1ccc(-c2cc3sccc3s2)cc1)c1ccc(-c2cccc3ccccc23)cc1. The van der Waals surface area contributed by atoms with E-state index in [0.717, 1.165) is 22.8 Å². The van der Waals surface area contributed by atoms with Gasteiger partial charge in [0.2, 0.25) is 0 Å². The highest BCUT2D eigenvalue weighted by Crippen LogP contribution is 2.51. The van der Waals surface area contributed by atoms with Crippen molar-refractivity contribution in [1.29, 1.82) is 0 Å². The fourth-order valence-electron chi connectivity index (χ4n) is 8.28. The Morgan fingerprint density at radius 3 is 1.98 bits per heavy atom. The van der Waals surface area contributed by atoms with E-state index in [1.165, 1.54) is 68.8 Å². The van der Waals surface area contributed by atoms with E-state index in [-0.39, 0.29) is 12.0 Å². The van der Waals surface area contributed by atoms with Crippen LogP contribution in [0.25, 0.3) is 63.3 Å². The fourth-order valence-corrected chi connectivity index (χ4v) is 10.4. The van der Waals surface area contributed by atoms with E-state index in [1.54, 1.807) is 11.3 Å². The van der Waals surface area contributed by atoms with E-state index in [2.05, 4.69) is 180 Å². The lowest BCUT2D eigenvalue weighted by Gasteiger charge is -2.30. The van der Waals surface area contributed by atoms with Crippen LogP contribution in [0.5, 0.6) is 5.75 Å². The molecular weight excluding hydrogens is 671 g/mol. The van der Waals surface area contributed by atoms with Crippen molar-refractivity contribution >= 4 is 75.8 Å². The van der Waals surface area contributed by atoms with Crippen LogP contribution in [0.3, 0.4) is 0 Å². The Hall–Kier alpha value is -5.94. The van der Waals surface area contributed by atoms with Gasteiger partial charge in [0.25, 0.3) is 0 Å². The van der Waals surface area contributed by atoms with Gasteiger partial charge in [0.15, 0.2) is 0 Å². The molecule has 9 aromatic rings. The molecule has 7 aromatic carbocycles. The molecule has 0 bridgehead atoms. The maximum atomic E-state index is 6.95. The van der Waals surface area contributed by atoms with Crippen molar-refractivity contribution in [2.24, 2.45) is 0 Å². The normalized spacial score (nSPS) is 16.3. The van der Waals surface area contributed by atoms with E-state index in [1.807, 2.05) is 11.3 Å². The largest absolute Gasteiger partial charge is 0.484 e. The summed E-state index contributed by atoms with van der Waals surface area (Å²) < 4.78 is 9.65. The van der Waals surface area contributed by atoms with E-state index in [0.29, 0.717) is 0 Å². The average Bonchev–Trinajstić information content (AvgIpc) is 3.93. The molecule has 2 aliphatic rings. The first kappa shape index (κ1) is 29.8. The predicted molar refractivity (Wildman–Crippen MR) is 222 cm³/mol. The second-order valence-corrected chi connectivity index (χ2v) is 15.6. The standard InChI is InChI=1S/C48H31NOS2/c1-2-10-36-30(8-1)9-7-15-37(36)31-16-20-33(21-17-31)49(34-22-18-32(19-23-34)45-29-46-44(52-45)26-27-51-46)35-24-25-42-43(28-35)50-48-41-14-6-4-12-39(41)38-11-3-5-13-40(38)47(42)48/h1-29,42-43H. The monoisotopic (exact) mass is 701 g/mol. The van der Waals surface area contributed by atoms with Crippen LogP contribution < -0.4 is 9.64 Å². The van der Waals surface area contributed by atoms with E-state index in [9.17, 15) is 0 Å². The van der Waals surface area contributed by atoms with Crippen molar-refractivity contribution in [3.63, 3.8) is 0 Å². The third kappa shape index (κ3) is 4.68. The zero-order valence-electron chi connectivity index (χ0n) is 28.1. The summed E-state index contributed by atoms with van der Waals surface area (Å²) in [5.74, 6) is 1.15. The third-order valence-electron chi connectivity index (χ3n) is 10.7. The van der Waals surface area contributed by atoms with Crippen LogP contribution in [0, 0.1) is 0 Å². The van der Waals surface area contributed by atoms with Gasteiger partial charge in [-0.3, -0.25) is 0 Å². The average molecular weight is 702 g/mol. The molecule has 0 fully saturated rings. The molecule has 2 nitrogen and oxygen atoms in total. The number of nitrogens with zero attached hydrogens (tertiary/aromatic N) is 1. The molecule has 2 aromatic heterocycles. The lowest BCUT2D eigenvalue weighted by atomic mass is 9.85. The van der Waals surface area contributed by atoms with Crippen molar-refractivity contribution < 1.29 is 4.74 Å². The number of ether oxygens (including phenoxy) is 1. The molecule has 246 valence electrons. The summed E-state index contributed by atoms with van der Waals surface area (Å²) in [6.07, 6.45) is 6.87. The Kier molecular flexibility index (Phi) is 6.76. The van der Waals surface area contributed by atoms with E-state index < -0.39 is 0 Å². The topological polar surface area (TPSA) is 12.5 Å². The van der Waals surface area contributed by atoms with Gasteiger partial charge in [0.05, 0.1) is 0 Å². The molecule has 1 aliphatic heterocycles. The number of thiophene rings is 2. The lowest BCUT2D eigenvalue weighted by molar-refractivity contribution is 0.270. The van der Waals surface area contributed by atoms with Crippen LogP contribution in [-0.2, 0) is 0 Å². The summed E-state index contributed by atoms with van der Waals surface area (Å²) in [6, 6.07) is 55.2. The second kappa shape index (κ2) is 11.8. The van der Waals surface area contributed by atoms with E-state index in [4.69, 9.17) is 4.74 Å². The number of hydrogen-bond acceptors (Lipinski definition) is 4. The highest BCUT2D eigenvalue weighted by Gasteiger charge is 2.37. The van der Waals surface area contributed by atoms with Gasteiger partial charge in [0, 0.05) is 48.2 Å². The number of benzene rings is 7. The highest BCUT2D eigenvalue weighted by atomic mass is 32.1. The zero-order chi connectivity index (χ0) is 34.2. The molecule has 4 heteroatoms. The Morgan fingerprint density at radius 1 is 0.558 bits per heavy atom. The van der Waals surface area contributed by atoms with Gasteiger partial charge in [-0.05, 0) is 97.6 Å². The molecule has 11 rings (SSSR count). The number of rotatable bonds is 5. The van der Waals surface area contributed by atoms with Crippen LogP contribution in [0.2, 0.25) is 0 Å². The molecule has 2 unspecified atom stereocenters. The molecule has 1 aliphatic carbocycles. The van der Waals surface area contributed by atoms with Crippen LogP contribution in [-0.4, -0.2) is 6.10 Å². The van der Waals surface area contributed by atoms with E-state index >= 15 is 0 Å². The number of fused-ring (bicyclic) bond motifs is 10. The molecule has 0 saturated carbocycles. The smallest absolute Gasteiger partial charge is 0.132 e. The minimum atomic E-state index is -0.111. The maximum Gasteiger partial charge on any atom is 0.132 e. The molecule has 0 amide bonds. The van der Waals surface area contributed by atoms with Gasteiger partial charge in [0.1, 0.15) is 11.9 Å². The predicted octanol–water partition coefficient (Wildman–Crippen LogP) is 13.9. The van der Waals surface area contributed by atoms with Crippen molar-refractivity contribution in [2.45, 2.75) is 12.0 Å². The van der Waals surface area contributed by atoms with Crippen molar-refractivity contribution in [1.82, 2.24) is 0 Å². The molecule has 52 heavy (non-hydrogen) atoms. The number of anilines is 2. The lowest BCUT2D eigenvalue weighted by Crippen LogP contribution is -2.24. The molecule has 0 N–H and O–H groups in total. The Bertz CT molecular complexity index is 2860. The van der Waals surface area contributed by atoms with Crippen molar-refractivity contribution in [3.05, 3.63) is 187 Å². The van der Waals surface area contributed by atoms with Crippen LogP contribution in [0.15, 0.2) is 181 Å². The molecule has 2 atom stereocenters. The first-order valence-electron chi connectivity index (χ1n) is 17.7. The fraction of sp³-hybridized carbons (Fsp3) is 0.0417. The first-order chi connectivity index (χ1) is 25.8. The first-order valence-corrected chi connectivity index (χ1v) is 19.4. The van der Waals surface area contributed by atoms with Gasteiger partial charge in [-0.2, -0.15) is 0 Å². The number of allylic oxidation sites excluding steroid dienone is 1. The second-order valence-electron chi connectivity index (χ2n) is 13.6. The summed E-state index contributed by atoms with van der Waals surface area (Å²) in [7, 11) is 0. The Morgan fingerprint density at radius 2 is 1.21 bits per heavy atom. The van der Waals surface area contributed by atoms with Crippen LogP contribution in [0.4, 0.5) is 11.4 Å². The molecular formula is C48H31NOS2. The molecule has 3 heterocycles. The van der Waals surface area contributed by atoms with Crippen molar-refractivity contribution in [3.8, 4) is 27.3 Å². The maximum absolute atomic E-state index is 6.95. The summed E-state index contributed by atoms with van der Waals surface area (Å²) in [4.78, 5) is 3.68.